The summed E-state index contributed by atoms with van der Waals surface area (Å²) in [6, 6.07) is 19.0. The third-order valence-electron chi connectivity index (χ3n) is 14.1. The maximum Gasteiger partial charge on any atom is 0.137 e. The Morgan fingerprint density at radius 3 is 1.80 bits per heavy atom. The van der Waals surface area contributed by atoms with E-state index in [1.54, 1.807) is 11.1 Å². The lowest BCUT2D eigenvalue weighted by atomic mass is 9.65. The van der Waals surface area contributed by atoms with Gasteiger partial charge in [-0.3, -0.25) is 0 Å². The highest BCUT2D eigenvalue weighted by Crippen LogP contribution is 2.59. The molecule has 7 aliphatic rings. The first kappa shape index (κ1) is 38.4. The molecule has 292 valence electrons. The molecule has 12 rings (SSSR count). The van der Waals surface area contributed by atoms with Gasteiger partial charge in [-0.25, -0.2) is 0 Å². The Hall–Kier alpha value is -4.77. The fraction of sp³-hybridized carbons (Fsp3) is 0.385. The number of fused-ring (bicyclic) bond motifs is 14. The summed E-state index contributed by atoms with van der Waals surface area (Å²) in [6.07, 6.45) is 17.1. The van der Waals surface area contributed by atoms with Crippen molar-refractivity contribution in [3.8, 4) is 17.2 Å². The van der Waals surface area contributed by atoms with Crippen LogP contribution in [0, 0.1) is 0 Å². The number of nitrogens with zero attached hydrogens (tertiary/aromatic N) is 1. The number of para-hydroxylation sites is 1. The summed E-state index contributed by atoms with van der Waals surface area (Å²) in [5.41, 5.74) is 11.8. The van der Waals surface area contributed by atoms with Crippen LogP contribution in [0.4, 0.5) is 5.69 Å². The molecule has 0 aromatic heterocycles. The van der Waals surface area contributed by atoms with Crippen molar-refractivity contribution in [3.63, 3.8) is 0 Å². The zero-order chi connectivity index (χ0) is 41.2. The van der Waals surface area contributed by atoms with Crippen molar-refractivity contribution in [1.82, 2.24) is 0 Å². The van der Waals surface area contributed by atoms with Crippen molar-refractivity contribution in [3.05, 3.63) is 123 Å². The van der Waals surface area contributed by atoms with Gasteiger partial charge in [-0.1, -0.05) is 107 Å². The van der Waals surface area contributed by atoms with E-state index in [4.69, 9.17) is 37.7 Å². The van der Waals surface area contributed by atoms with E-state index >= 15 is 0 Å². The third kappa shape index (κ3) is 6.19. The predicted molar refractivity (Wildman–Crippen MR) is 248 cm³/mol. The van der Waals surface area contributed by atoms with E-state index in [0.29, 0.717) is 23.7 Å². The van der Waals surface area contributed by atoms with Crippen LogP contribution in [0.3, 0.4) is 0 Å². The Labute approximate surface area is 354 Å². The first-order valence-corrected chi connectivity index (χ1v) is 21.7. The van der Waals surface area contributed by atoms with Crippen molar-refractivity contribution < 1.29 is 14.2 Å². The molecule has 0 saturated carbocycles. The normalized spacial score (nSPS) is 29.4. The molecule has 7 atom stereocenters. The summed E-state index contributed by atoms with van der Waals surface area (Å²) in [6.45, 7) is 17.4. The Balaban J connectivity index is 0.000000115. The molecule has 4 nitrogen and oxygen atoms in total. The van der Waals surface area contributed by atoms with Gasteiger partial charge in [0.25, 0.3) is 0 Å². The molecule has 0 spiro atoms. The second kappa shape index (κ2) is 13.6. The molecule has 5 aromatic carbocycles. The van der Waals surface area contributed by atoms with Crippen molar-refractivity contribution >= 4 is 69.0 Å². The monoisotopic (exact) mass is 771 g/mol. The standard InChI is InChI=1S/C24H26BNO.C18H17BO.C10H9BO/c1-13-14(2)20-19(13)18-12-15-6-4-10-26-11-5-7-16(22(15)26)21(18)17-8-9-24(3,25)27-23(17)20;1-10-11(2)16-15(10)13-7-5-4-6-12(13)14-8-9-18(3,19)20-17(14)16;1-10(11)7-6-8-4-2-3-5-9(8)12-10/h8-9,12-14H,4-7,10-11H2,1-3H3;4-11H,1-3H3;2-7H,1H3/t13?,14?,24-;10?,11?,18-;10-/m000/s1. The van der Waals surface area contributed by atoms with Gasteiger partial charge in [-0.15, -0.1) is 0 Å². The number of benzene rings is 5. The highest BCUT2D eigenvalue weighted by molar-refractivity contribution is 6.18. The van der Waals surface area contributed by atoms with Gasteiger partial charge in [0.05, 0.1) is 16.5 Å². The van der Waals surface area contributed by atoms with Crippen molar-refractivity contribution in [2.45, 2.75) is 114 Å². The highest BCUT2D eigenvalue weighted by Gasteiger charge is 2.42. The SMILES string of the molecule is [B][C@]1(C)C=Cc2c(c3c(c4cc5c6c(c24)CCCN6CCC5)C(C)C3C)O1.[B][C@]1(C)C=Cc2c(c3c(c4ccccc24)C(C)C3C)O1.[B][C@]1(C)C=Cc2ccccc2O1. The topological polar surface area (TPSA) is 30.9 Å². The molecule has 7 heteroatoms. The van der Waals surface area contributed by atoms with Crippen molar-refractivity contribution in [2.24, 2.45) is 0 Å². The van der Waals surface area contributed by atoms with Gasteiger partial charge in [0.15, 0.2) is 0 Å². The zero-order valence-corrected chi connectivity index (χ0v) is 35.6. The molecule has 2 aliphatic carbocycles. The van der Waals surface area contributed by atoms with E-state index in [2.05, 4.69) is 75.1 Å². The minimum absolute atomic E-state index is 0.532. The molecule has 4 unspecified atom stereocenters. The lowest BCUT2D eigenvalue weighted by Crippen LogP contribution is -2.36. The molecule has 5 heterocycles. The molecule has 5 aliphatic heterocycles. The molecule has 0 saturated heterocycles. The minimum atomic E-state index is -0.718. The van der Waals surface area contributed by atoms with Crippen LogP contribution >= 0.6 is 0 Å². The molecule has 0 bridgehead atoms. The molecule has 5 aromatic rings. The van der Waals surface area contributed by atoms with Crippen LogP contribution in [0.5, 0.6) is 17.2 Å². The predicted octanol–water partition coefficient (Wildman–Crippen LogP) is 11.4. The Morgan fingerprint density at radius 1 is 0.576 bits per heavy atom. The quantitative estimate of drug-likeness (QED) is 0.147. The van der Waals surface area contributed by atoms with Gasteiger partial charge in [-0.05, 0) is 126 Å². The van der Waals surface area contributed by atoms with Crippen molar-refractivity contribution in [1.29, 1.82) is 0 Å². The summed E-state index contributed by atoms with van der Waals surface area (Å²) in [7, 11) is 18.3. The number of ether oxygens (including phenoxy) is 3. The molecular weight excluding hydrogens is 719 g/mol. The molecule has 0 amide bonds. The van der Waals surface area contributed by atoms with Crippen LogP contribution in [-0.4, -0.2) is 53.1 Å². The zero-order valence-electron chi connectivity index (χ0n) is 35.6. The van der Waals surface area contributed by atoms with Crippen LogP contribution in [0.25, 0.3) is 39.8 Å². The molecule has 6 radical (unpaired) electrons. The molecule has 0 fully saturated rings. The first-order chi connectivity index (χ1) is 28.1. The summed E-state index contributed by atoms with van der Waals surface area (Å²) in [5, 5.41) is 5.56. The van der Waals surface area contributed by atoms with Crippen LogP contribution in [0.15, 0.2) is 72.8 Å². The number of anilines is 1. The van der Waals surface area contributed by atoms with Crippen LogP contribution < -0.4 is 19.1 Å². The largest absolute Gasteiger partial charge is 0.493 e. The number of rotatable bonds is 0. The summed E-state index contributed by atoms with van der Waals surface area (Å²) in [5.74, 6) is 5.13. The van der Waals surface area contributed by atoms with E-state index in [1.807, 2.05) is 69.3 Å². The summed E-state index contributed by atoms with van der Waals surface area (Å²) >= 11 is 0. The maximum atomic E-state index is 6.37. The van der Waals surface area contributed by atoms with E-state index < -0.39 is 16.5 Å². The lowest BCUT2D eigenvalue weighted by molar-refractivity contribution is 0.217. The number of hydrogen-bond donors (Lipinski definition) is 0. The van der Waals surface area contributed by atoms with Gasteiger partial charge in [-0.2, -0.15) is 0 Å². The smallest absolute Gasteiger partial charge is 0.137 e. The Morgan fingerprint density at radius 2 is 1.10 bits per heavy atom. The summed E-state index contributed by atoms with van der Waals surface area (Å²) < 4.78 is 18.0. The van der Waals surface area contributed by atoms with Crippen LogP contribution in [0.2, 0.25) is 0 Å². The second-order valence-corrected chi connectivity index (χ2v) is 18.7. The second-order valence-electron chi connectivity index (χ2n) is 18.7. The Kier molecular flexibility index (Phi) is 8.88. The number of aryl methyl sites for hydroxylation is 2. The van der Waals surface area contributed by atoms with E-state index in [9.17, 15) is 0 Å². The molecular formula is C52H52B3NO3. The van der Waals surface area contributed by atoms with Gasteiger partial charge in [0.2, 0.25) is 0 Å². The lowest BCUT2D eigenvalue weighted by Gasteiger charge is -2.44. The first-order valence-electron chi connectivity index (χ1n) is 21.7. The summed E-state index contributed by atoms with van der Waals surface area (Å²) in [4.78, 5) is 2.63. The average Bonchev–Trinajstić information content (AvgIpc) is 3.21. The number of hydrogen-bond acceptors (Lipinski definition) is 4. The minimum Gasteiger partial charge on any atom is -0.493 e. The average molecular weight is 771 g/mol. The fourth-order valence-corrected chi connectivity index (χ4v) is 10.9. The fourth-order valence-electron chi connectivity index (χ4n) is 10.9. The van der Waals surface area contributed by atoms with Crippen LogP contribution in [-0.2, 0) is 12.8 Å². The van der Waals surface area contributed by atoms with E-state index in [-0.39, 0.29) is 0 Å². The van der Waals surface area contributed by atoms with Crippen LogP contribution in [0.1, 0.15) is 135 Å². The van der Waals surface area contributed by atoms with Gasteiger partial charge < -0.3 is 19.1 Å². The molecule has 59 heavy (non-hydrogen) atoms. The van der Waals surface area contributed by atoms with Crippen molar-refractivity contribution in [2.75, 3.05) is 18.0 Å². The van der Waals surface area contributed by atoms with Gasteiger partial charge in [0, 0.05) is 46.6 Å². The third-order valence-corrected chi connectivity index (χ3v) is 14.1. The maximum absolute atomic E-state index is 6.37. The van der Waals surface area contributed by atoms with Gasteiger partial charge in [0.1, 0.15) is 40.8 Å². The van der Waals surface area contributed by atoms with E-state index in [1.165, 1.54) is 99.4 Å². The highest BCUT2D eigenvalue weighted by atomic mass is 16.5. The van der Waals surface area contributed by atoms with E-state index in [0.717, 1.165) is 22.8 Å². The van der Waals surface area contributed by atoms with Gasteiger partial charge >= 0.3 is 0 Å². The molecule has 0 N–H and O–H groups in total. The Bertz CT molecular complexity index is 2670.